The van der Waals surface area contributed by atoms with Crippen molar-refractivity contribution in [2.45, 2.75) is 19.4 Å². The molecular formula is C20H24IN3O. The number of benzene rings is 2. The zero-order valence-electron chi connectivity index (χ0n) is 14.5. The summed E-state index contributed by atoms with van der Waals surface area (Å²) in [6, 6.07) is 20.7. The number of hydrogen-bond donors (Lipinski definition) is 2. The van der Waals surface area contributed by atoms with Crippen LogP contribution in [0.15, 0.2) is 70.1 Å². The summed E-state index contributed by atoms with van der Waals surface area (Å²) < 4.78 is 5.83. The molecule has 132 valence electrons. The van der Waals surface area contributed by atoms with Gasteiger partial charge in [0.05, 0.1) is 6.04 Å². The largest absolute Gasteiger partial charge is 0.461 e. The van der Waals surface area contributed by atoms with Crippen molar-refractivity contribution in [3.63, 3.8) is 0 Å². The summed E-state index contributed by atoms with van der Waals surface area (Å²) >= 11 is 0. The number of fused-ring (bicyclic) bond motifs is 1. The normalized spacial score (nSPS) is 12.5. The van der Waals surface area contributed by atoms with Crippen molar-refractivity contribution >= 4 is 40.9 Å². The third-order valence-corrected chi connectivity index (χ3v) is 4.02. The Bertz CT molecular complexity index is 781. The van der Waals surface area contributed by atoms with E-state index < -0.39 is 0 Å². The van der Waals surface area contributed by atoms with E-state index in [0.717, 1.165) is 35.7 Å². The molecule has 0 fully saturated rings. The van der Waals surface area contributed by atoms with Crippen molar-refractivity contribution in [2.75, 3.05) is 13.6 Å². The van der Waals surface area contributed by atoms with Gasteiger partial charge in [-0.3, -0.25) is 4.99 Å². The Hall–Kier alpha value is -2.02. The number of rotatable bonds is 5. The van der Waals surface area contributed by atoms with Gasteiger partial charge in [-0.2, -0.15) is 0 Å². The fourth-order valence-electron chi connectivity index (χ4n) is 2.69. The highest BCUT2D eigenvalue weighted by molar-refractivity contribution is 14.0. The quantitative estimate of drug-likeness (QED) is 0.342. The second-order valence-electron chi connectivity index (χ2n) is 5.78. The lowest BCUT2D eigenvalue weighted by Crippen LogP contribution is -2.39. The molecular weight excluding hydrogens is 425 g/mol. The van der Waals surface area contributed by atoms with Crippen LogP contribution < -0.4 is 10.6 Å². The van der Waals surface area contributed by atoms with Crippen LogP contribution in [0.3, 0.4) is 0 Å². The zero-order valence-corrected chi connectivity index (χ0v) is 16.9. The van der Waals surface area contributed by atoms with Gasteiger partial charge in [-0.25, -0.2) is 0 Å². The molecule has 0 radical (unpaired) electrons. The maximum absolute atomic E-state index is 5.83. The lowest BCUT2D eigenvalue weighted by Gasteiger charge is -2.18. The second-order valence-corrected chi connectivity index (χ2v) is 5.78. The molecule has 5 heteroatoms. The van der Waals surface area contributed by atoms with E-state index in [9.17, 15) is 0 Å². The number of halogens is 1. The van der Waals surface area contributed by atoms with Crippen molar-refractivity contribution in [3.05, 3.63) is 72.0 Å². The van der Waals surface area contributed by atoms with Gasteiger partial charge in [0.25, 0.3) is 0 Å². The summed E-state index contributed by atoms with van der Waals surface area (Å²) in [4.78, 5) is 4.29. The van der Waals surface area contributed by atoms with Crippen LogP contribution in [0.5, 0.6) is 0 Å². The van der Waals surface area contributed by atoms with Crippen LogP contribution in [-0.2, 0) is 6.42 Å². The van der Waals surface area contributed by atoms with E-state index >= 15 is 0 Å². The molecule has 25 heavy (non-hydrogen) atoms. The highest BCUT2D eigenvalue weighted by Gasteiger charge is 2.08. The van der Waals surface area contributed by atoms with Gasteiger partial charge in [0, 0.05) is 25.4 Å². The molecule has 0 bridgehead atoms. The van der Waals surface area contributed by atoms with E-state index in [4.69, 9.17) is 4.42 Å². The number of nitrogens with one attached hydrogen (secondary N) is 2. The van der Waals surface area contributed by atoms with Gasteiger partial charge < -0.3 is 15.1 Å². The molecule has 3 rings (SSSR count). The van der Waals surface area contributed by atoms with Gasteiger partial charge in [-0.05, 0) is 24.6 Å². The predicted molar refractivity (Wildman–Crippen MR) is 115 cm³/mol. The number of para-hydroxylation sites is 1. The number of furan rings is 1. The number of hydrogen-bond acceptors (Lipinski definition) is 2. The summed E-state index contributed by atoms with van der Waals surface area (Å²) in [6.45, 7) is 2.89. The summed E-state index contributed by atoms with van der Waals surface area (Å²) in [5.41, 5.74) is 2.17. The van der Waals surface area contributed by atoms with Crippen LogP contribution in [0.4, 0.5) is 0 Å². The molecule has 0 amide bonds. The van der Waals surface area contributed by atoms with Crippen LogP contribution >= 0.6 is 24.0 Å². The third-order valence-electron chi connectivity index (χ3n) is 4.02. The molecule has 4 nitrogen and oxygen atoms in total. The Morgan fingerprint density at radius 1 is 1.08 bits per heavy atom. The number of nitrogens with zero attached hydrogens (tertiary/aromatic N) is 1. The minimum absolute atomic E-state index is 0. The monoisotopic (exact) mass is 449 g/mol. The molecule has 3 aromatic rings. The van der Waals surface area contributed by atoms with Crippen LogP contribution in [0.1, 0.15) is 24.3 Å². The molecule has 1 atom stereocenters. The van der Waals surface area contributed by atoms with E-state index in [1.807, 2.05) is 36.4 Å². The van der Waals surface area contributed by atoms with Crippen LogP contribution in [-0.4, -0.2) is 19.6 Å². The summed E-state index contributed by atoms with van der Waals surface area (Å²) in [5, 5.41) is 7.89. The van der Waals surface area contributed by atoms with E-state index in [1.165, 1.54) is 5.56 Å². The number of guanidine groups is 1. The maximum atomic E-state index is 5.83. The predicted octanol–water partition coefficient (Wildman–Crippen LogP) is 4.52. The Balaban J connectivity index is 0.00000225. The molecule has 2 N–H and O–H groups in total. The Morgan fingerprint density at radius 2 is 1.80 bits per heavy atom. The molecule has 0 aliphatic carbocycles. The van der Waals surface area contributed by atoms with E-state index in [-0.39, 0.29) is 30.0 Å². The Kier molecular flexibility index (Phi) is 7.31. The fourth-order valence-corrected chi connectivity index (χ4v) is 2.69. The SMILES string of the molecule is CN=C(NCCc1cc2ccccc2o1)NC(C)c1ccccc1.I. The third kappa shape index (κ3) is 5.22. The summed E-state index contributed by atoms with van der Waals surface area (Å²) in [5.74, 6) is 1.78. The van der Waals surface area contributed by atoms with E-state index in [2.05, 4.69) is 46.8 Å². The average Bonchev–Trinajstić information content (AvgIpc) is 3.04. The Morgan fingerprint density at radius 3 is 2.52 bits per heavy atom. The molecule has 1 aromatic heterocycles. The molecule has 2 aromatic carbocycles. The molecule has 0 saturated carbocycles. The Labute approximate surface area is 165 Å². The van der Waals surface area contributed by atoms with Crippen LogP contribution in [0.25, 0.3) is 11.0 Å². The molecule has 0 aliphatic heterocycles. The van der Waals surface area contributed by atoms with Gasteiger partial charge >= 0.3 is 0 Å². The zero-order chi connectivity index (χ0) is 16.8. The van der Waals surface area contributed by atoms with Crippen LogP contribution in [0.2, 0.25) is 0 Å². The minimum atomic E-state index is 0. The summed E-state index contributed by atoms with van der Waals surface area (Å²) in [7, 11) is 1.79. The lowest BCUT2D eigenvalue weighted by molar-refractivity contribution is 0.543. The summed E-state index contributed by atoms with van der Waals surface area (Å²) in [6.07, 6.45) is 0.815. The first-order chi connectivity index (χ1) is 11.8. The van der Waals surface area contributed by atoms with Crippen molar-refractivity contribution in [1.82, 2.24) is 10.6 Å². The van der Waals surface area contributed by atoms with Gasteiger partial charge in [-0.15, -0.1) is 24.0 Å². The van der Waals surface area contributed by atoms with Gasteiger partial charge in [0.15, 0.2) is 5.96 Å². The first kappa shape index (κ1) is 19.3. The van der Waals surface area contributed by atoms with Gasteiger partial charge in [0.1, 0.15) is 11.3 Å². The highest BCUT2D eigenvalue weighted by Crippen LogP contribution is 2.18. The van der Waals surface area contributed by atoms with Crippen molar-refractivity contribution in [1.29, 1.82) is 0 Å². The van der Waals surface area contributed by atoms with E-state index in [1.54, 1.807) is 7.05 Å². The number of aliphatic imine (C=N–C) groups is 1. The molecule has 1 heterocycles. The standard InChI is InChI=1S/C20H23N3O.HI/c1-15(16-8-4-3-5-9-16)23-20(21-2)22-13-12-18-14-17-10-6-7-11-19(17)24-18;/h3-11,14-15H,12-13H2,1-2H3,(H2,21,22,23);1H. The smallest absolute Gasteiger partial charge is 0.191 e. The van der Waals surface area contributed by atoms with Crippen molar-refractivity contribution < 1.29 is 4.42 Å². The first-order valence-electron chi connectivity index (χ1n) is 8.26. The lowest BCUT2D eigenvalue weighted by atomic mass is 10.1. The average molecular weight is 449 g/mol. The molecule has 1 unspecified atom stereocenters. The van der Waals surface area contributed by atoms with Crippen molar-refractivity contribution in [3.8, 4) is 0 Å². The van der Waals surface area contributed by atoms with Gasteiger partial charge in [-0.1, -0.05) is 48.5 Å². The van der Waals surface area contributed by atoms with Gasteiger partial charge in [0.2, 0.25) is 0 Å². The highest BCUT2D eigenvalue weighted by atomic mass is 127. The fraction of sp³-hybridized carbons (Fsp3) is 0.250. The van der Waals surface area contributed by atoms with E-state index in [0.29, 0.717) is 0 Å². The second kappa shape index (κ2) is 9.46. The minimum Gasteiger partial charge on any atom is -0.461 e. The topological polar surface area (TPSA) is 49.6 Å². The molecule has 0 aliphatic rings. The van der Waals surface area contributed by atoms with Crippen LogP contribution in [0, 0.1) is 0 Å². The maximum Gasteiger partial charge on any atom is 0.191 e. The molecule has 0 spiro atoms. The molecule has 0 saturated heterocycles. The van der Waals surface area contributed by atoms with Crippen molar-refractivity contribution in [2.24, 2.45) is 4.99 Å². The first-order valence-corrected chi connectivity index (χ1v) is 8.26.